The Morgan fingerprint density at radius 3 is 2.70 bits per heavy atom. The number of carbonyl (C=O) groups excluding carboxylic acids is 1. The summed E-state index contributed by atoms with van der Waals surface area (Å²) in [5, 5.41) is 23.4. The van der Waals surface area contributed by atoms with Crippen molar-refractivity contribution in [2.24, 2.45) is 5.92 Å². The molecule has 0 fully saturated rings. The summed E-state index contributed by atoms with van der Waals surface area (Å²) in [6.45, 7) is 3.51. The zero-order valence-corrected chi connectivity index (χ0v) is 11.7. The number of phenols is 2. The van der Waals surface area contributed by atoms with Gasteiger partial charge >= 0.3 is 0 Å². The first-order valence-corrected chi connectivity index (χ1v) is 6.74. The second-order valence-corrected chi connectivity index (χ2v) is 5.36. The Kier molecular flexibility index (Phi) is 3.89. The van der Waals surface area contributed by atoms with E-state index in [0.29, 0.717) is 10.8 Å². The van der Waals surface area contributed by atoms with Crippen LogP contribution in [0.3, 0.4) is 0 Å². The molecule has 0 bridgehead atoms. The third-order valence-electron chi connectivity index (χ3n) is 2.60. The van der Waals surface area contributed by atoms with Crippen molar-refractivity contribution in [1.29, 1.82) is 0 Å². The first-order chi connectivity index (χ1) is 9.38. The van der Waals surface area contributed by atoms with Crippen LogP contribution in [0.2, 0.25) is 0 Å². The highest BCUT2D eigenvalue weighted by molar-refractivity contribution is 7.14. The van der Waals surface area contributed by atoms with Crippen molar-refractivity contribution in [2.75, 3.05) is 5.32 Å². The number of phenolic OH excluding ortho intramolecular Hbond substituents is 2. The summed E-state index contributed by atoms with van der Waals surface area (Å²) in [6.07, 6.45) is 0. The number of nitrogens with one attached hydrogen (secondary N) is 1. The quantitative estimate of drug-likeness (QED) is 0.813. The van der Waals surface area contributed by atoms with Gasteiger partial charge in [0.25, 0.3) is 0 Å². The van der Waals surface area contributed by atoms with E-state index in [2.05, 4.69) is 10.3 Å². The molecular formula is C13H13FN2O3S. The lowest BCUT2D eigenvalue weighted by Crippen LogP contribution is -2.17. The molecule has 0 spiro atoms. The average molecular weight is 296 g/mol. The summed E-state index contributed by atoms with van der Waals surface area (Å²) in [5.41, 5.74) is 0.479. The summed E-state index contributed by atoms with van der Waals surface area (Å²) in [7, 11) is 0. The van der Waals surface area contributed by atoms with E-state index >= 15 is 0 Å². The smallest absolute Gasteiger partial charge is 0.228 e. The molecule has 7 heteroatoms. The monoisotopic (exact) mass is 296 g/mol. The summed E-state index contributed by atoms with van der Waals surface area (Å²) in [5.74, 6) is -2.11. The van der Waals surface area contributed by atoms with Gasteiger partial charge in [0.15, 0.2) is 16.7 Å². The minimum Gasteiger partial charge on any atom is -0.507 e. The predicted molar refractivity (Wildman–Crippen MR) is 74.3 cm³/mol. The van der Waals surface area contributed by atoms with Gasteiger partial charge in [0.05, 0.1) is 5.69 Å². The van der Waals surface area contributed by atoms with Gasteiger partial charge in [-0.25, -0.2) is 9.37 Å². The van der Waals surface area contributed by atoms with Crippen molar-refractivity contribution in [3.05, 3.63) is 23.3 Å². The van der Waals surface area contributed by atoms with Crippen molar-refractivity contribution >= 4 is 22.4 Å². The van der Waals surface area contributed by atoms with E-state index in [0.717, 1.165) is 12.1 Å². The van der Waals surface area contributed by atoms with Crippen LogP contribution < -0.4 is 5.32 Å². The van der Waals surface area contributed by atoms with E-state index in [-0.39, 0.29) is 23.1 Å². The number of amides is 1. The summed E-state index contributed by atoms with van der Waals surface area (Å²) >= 11 is 1.17. The molecule has 0 radical (unpaired) electrons. The Morgan fingerprint density at radius 1 is 1.35 bits per heavy atom. The fourth-order valence-electron chi connectivity index (χ4n) is 1.46. The SMILES string of the molecule is CC(C)C(=O)Nc1nc(-c2cc(F)c(O)cc2O)cs1. The second-order valence-electron chi connectivity index (χ2n) is 4.50. The number of benzene rings is 1. The average Bonchev–Trinajstić information content (AvgIpc) is 2.82. The van der Waals surface area contributed by atoms with E-state index < -0.39 is 11.6 Å². The van der Waals surface area contributed by atoms with Crippen LogP contribution >= 0.6 is 11.3 Å². The molecule has 20 heavy (non-hydrogen) atoms. The Hall–Kier alpha value is -2.15. The summed E-state index contributed by atoms with van der Waals surface area (Å²) in [6, 6.07) is 1.91. The number of rotatable bonds is 3. The van der Waals surface area contributed by atoms with E-state index in [9.17, 15) is 14.3 Å². The summed E-state index contributed by atoms with van der Waals surface area (Å²) in [4.78, 5) is 15.6. The largest absolute Gasteiger partial charge is 0.507 e. The third-order valence-corrected chi connectivity index (χ3v) is 3.36. The lowest BCUT2D eigenvalue weighted by atomic mass is 10.1. The van der Waals surface area contributed by atoms with Gasteiger partial charge in [-0.05, 0) is 6.07 Å². The van der Waals surface area contributed by atoms with E-state index in [1.54, 1.807) is 19.2 Å². The van der Waals surface area contributed by atoms with Crippen LogP contribution in [0.15, 0.2) is 17.5 Å². The van der Waals surface area contributed by atoms with Crippen molar-refractivity contribution in [3.63, 3.8) is 0 Å². The van der Waals surface area contributed by atoms with Crippen LogP contribution in [0.5, 0.6) is 11.5 Å². The van der Waals surface area contributed by atoms with Crippen LogP contribution in [-0.4, -0.2) is 21.1 Å². The highest BCUT2D eigenvalue weighted by Crippen LogP contribution is 2.35. The highest BCUT2D eigenvalue weighted by Gasteiger charge is 2.15. The summed E-state index contributed by atoms with van der Waals surface area (Å²) < 4.78 is 13.3. The van der Waals surface area contributed by atoms with Gasteiger partial charge in [0, 0.05) is 22.9 Å². The van der Waals surface area contributed by atoms with E-state index in [1.807, 2.05) is 0 Å². The molecule has 1 heterocycles. The van der Waals surface area contributed by atoms with E-state index in [4.69, 9.17) is 5.11 Å². The Morgan fingerprint density at radius 2 is 2.05 bits per heavy atom. The topological polar surface area (TPSA) is 82.5 Å². The molecule has 2 aromatic rings. The first-order valence-electron chi connectivity index (χ1n) is 5.86. The van der Waals surface area contributed by atoms with Gasteiger partial charge in [0.1, 0.15) is 5.75 Å². The maximum Gasteiger partial charge on any atom is 0.228 e. The number of aromatic hydroxyl groups is 2. The fourth-order valence-corrected chi connectivity index (χ4v) is 2.17. The minimum absolute atomic E-state index is 0.154. The molecule has 2 rings (SSSR count). The zero-order valence-electron chi connectivity index (χ0n) is 10.8. The normalized spacial score (nSPS) is 10.8. The number of nitrogens with zero attached hydrogens (tertiary/aromatic N) is 1. The molecule has 1 aromatic carbocycles. The molecule has 1 aromatic heterocycles. The molecule has 1 amide bonds. The molecule has 0 atom stereocenters. The number of anilines is 1. The van der Waals surface area contributed by atoms with Crippen molar-refractivity contribution in [3.8, 4) is 22.8 Å². The van der Waals surface area contributed by atoms with Gasteiger partial charge in [-0.15, -0.1) is 11.3 Å². The molecule has 5 nitrogen and oxygen atoms in total. The number of hydrogen-bond donors (Lipinski definition) is 3. The number of thiazole rings is 1. The number of hydrogen-bond acceptors (Lipinski definition) is 5. The number of carbonyl (C=O) groups is 1. The molecule has 3 N–H and O–H groups in total. The maximum atomic E-state index is 13.3. The molecule has 106 valence electrons. The Bertz CT molecular complexity index is 655. The van der Waals surface area contributed by atoms with Crippen LogP contribution in [0, 0.1) is 11.7 Å². The molecule has 0 saturated carbocycles. The Balaban J connectivity index is 2.29. The second kappa shape index (κ2) is 5.46. The van der Waals surface area contributed by atoms with Gasteiger partial charge < -0.3 is 15.5 Å². The molecule has 0 aliphatic rings. The third kappa shape index (κ3) is 2.88. The van der Waals surface area contributed by atoms with Crippen molar-refractivity contribution < 1.29 is 19.4 Å². The number of aromatic nitrogens is 1. The minimum atomic E-state index is -0.849. The van der Waals surface area contributed by atoms with Gasteiger partial charge in [-0.3, -0.25) is 4.79 Å². The number of halogens is 1. The standard InChI is InChI=1S/C13H13FN2O3S/c1-6(2)12(19)16-13-15-9(5-20-13)7-3-8(14)11(18)4-10(7)17/h3-6,17-18H,1-2H3,(H,15,16,19). The highest BCUT2D eigenvalue weighted by atomic mass is 32.1. The molecule has 0 aliphatic heterocycles. The van der Waals surface area contributed by atoms with Crippen molar-refractivity contribution in [1.82, 2.24) is 4.98 Å². The lowest BCUT2D eigenvalue weighted by Gasteiger charge is -2.04. The Labute approximate surface area is 118 Å². The molecule has 0 unspecified atom stereocenters. The van der Waals surface area contributed by atoms with Crippen LogP contribution in [-0.2, 0) is 4.79 Å². The van der Waals surface area contributed by atoms with Crippen LogP contribution in [0.25, 0.3) is 11.3 Å². The molecular weight excluding hydrogens is 283 g/mol. The van der Waals surface area contributed by atoms with Gasteiger partial charge in [-0.1, -0.05) is 13.8 Å². The van der Waals surface area contributed by atoms with Crippen LogP contribution in [0.4, 0.5) is 9.52 Å². The van der Waals surface area contributed by atoms with Crippen molar-refractivity contribution in [2.45, 2.75) is 13.8 Å². The lowest BCUT2D eigenvalue weighted by molar-refractivity contribution is -0.118. The van der Waals surface area contributed by atoms with E-state index in [1.165, 1.54) is 11.3 Å². The molecule has 0 aliphatic carbocycles. The van der Waals surface area contributed by atoms with Gasteiger partial charge in [0.2, 0.25) is 5.91 Å². The van der Waals surface area contributed by atoms with Gasteiger partial charge in [-0.2, -0.15) is 0 Å². The predicted octanol–water partition coefficient (Wildman–Crippen LogP) is 2.95. The fraction of sp³-hybridized carbons (Fsp3) is 0.231. The zero-order chi connectivity index (χ0) is 14.9. The molecule has 0 saturated heterocycles. The maximum absolute atomic E-state index is 13.3. The van der Waals surface area contributed by atoms with Crippen LogP contribution in [0.1, 0.15) is 13.8 Å². The first kappa shape index (κ1) is 14.3.